The number of piperazine rings is 1. The Kier molecular flexibility index (Phi) is 7.53. The second kappa shape index (κ2) is 10.3. The monoisotopic (exact) mass is 417 g/mol. The summed E-state index contributed by atoms with van der Waals surface area (Å²) < 4.78 is 20.5. The van der Waals surface area contributed by atoms with Crippen LogP contribution in [0.4, 0.5) is 4.39 Å². The number of nitrogens with one attached hydrogen (secondary N) is 1. The van der Waals surface area contributed by atoms with E-state index in [9.17, 15) is 14.0 Å². The van der Waals surface area contributed by atoms with Crippen LogP contribution >= 0.6 is 0 Å². The zero-order valence-electron chi connectivity index (χ0n) is 17.4. The molecule has 162 valence electrons. The first-order valence-corrected chi connectivity index (χ1v) is 10.1. The number of benzene rings is 1. The topological polar surface area (TPSA) is 79.7 Å². The smallest absolute Gasteiger partial charge is 0.257 e. The van der Waals surface area contributed by atoms with Crippen molar-refractivity contribution in [3.8, 4) is 5.69 Å². The van der Waals surface area contributed by atoms with Crippen LogP contribution in [0, 0.1) is 12.7 Å². The maximum Gasteiger partial charge on any atom is 0.257 e. The summed E-state index contributed by atoms with van der Waals surface area (Å²) in [5, 5.41) is 7.09. The van der Waals surface area contributed by atoms with Crippen LogP contribution in [0.2, 0.25) is 0 Å². The van der Waals surface area contributed by atoms with Crippen molar-refractivity contribution in [3.05, 3.63) is 47.5 Å². The highest BCUT2D eigenvalue weighted by Crippen LogP contribution is 2.19. The number of carbonyl (C=O) groups is 2. The number of para-hydroxylation sites is 1. The Bertz CT molecular complexity index is 877. The van der Waals surface area contributed by atoms with Gasteiger partial charge in [-0.3, -0.25) is 14.5 Å². The zero-order chi connectivity index (χ0) is 21.5. The molecule has 0 saturated carbocycles. The number of aromatic nitrogens is 2. The molecule has 1 aromatic heterocycles. The summed E-state index contributed by atoms with van der Waals surface area (Å²) in [6.07, 6.45) is 2.27. The van der Waals surface area contributed by atoms with Gasteiger partial charge in [-0.15, -0.1) is 0 Å². The molecule has 1 aliphatic rings. The van der Waals surface area contributed by atoms with Gasteiger partial charge in [-0.05, 0) is 25.5 Å². The lowest BCUT2D eigenvalue weighted by molar-refractivity contribution is -0.122. The Balaban J connectivity index is 1.54. The van der Waals surface area contributed by atoms with Crippen LogP contribution in [0.5, 0.6) is 0 Å². The highest BCUT2D eigenvalue weighted by molar-refractivity contribution is 5.95. The molecular weight excluding hydrogens is 389 g/mol. The van der Waals surface area contributed by atoms with Crippen LogP contribution in [0.1, 0.15) is 22.5 Å². The highest BCUT2D eigenvalue weighted by atomic mass is 19.1. The van der Waals surface area contributed by atoms with Crippen molar-refractivity contribution in [2.45, 2.75) is 13.3 Å². The lowest BCUT2D eigenvalue weighted by Gasteiger charge is -2.34. The first-order valence-electron chi connectivity index (χ1n) is 10.1. The number of amides is 2. The van der Waals surface area contributed by atoms with Crippen molar-refractivity contribution >= 4 is 11.8 Å². The standard InChI is InChI=1S/C21H28FN5O3/c1-16-17(14-24-27(16)19-7-4-3-6-18(19)22)21(29)26-11-9-25(10-12-26)15-20(28)23-8-5-13-30-2/h3-4,6-7,14H,5,8-13,15H2,1-2H3,(H,23,28). The van der Waals surface area contributed by atoms with Crippen molar-refractivity contribution in [3.63, 3.8) is 0 Å². The fraction of sp³-hybridized carbons (Fsp3) is 0.476. The third-order valence-corrected chi connectivity index (χ3v) is 5.19. The average Bonchev–Trinajstić information content (AvgIpc) is 3.13. The third kappa shape index (κ3) is 5.22. The SMILES string of the molecule is COCCCNC(=O)CN1CCN(C(=O)c2cnn(-c3ccccc3F)c2C)CC1. The van der Waals surface area contributed by atoms with E-state index in [2.05, 4.69) is 10.4 Å². The molecule has 1 N–H and O–H groups in total. The van der Waals surface area contributed by atoms with Gasteiger partial charge in [0.05, 0.1) is 24.0 Å². The Labute approximate surface area is 175 Å². The van der Waals surface area contributed by atoms with Crippen molar-refractivity contribution in [2.24, 2.45) is 0 Å². The minimum absolute atomic E-state index is 0.0205. The van der Waals surface area contributed by atoms with Crippen molar-refractivity contribution < 1.29 is 18.7 Å². The van der Waals surface area contributed by atoms with E-state index in [-0.39, 0.29) is 11.8 Å². The van der Waals surface area contributed by atoms with E-state index in [1.54, 1.807) is 37.1 Å². The van der Waals surface area contributed by atoms with Gasteiger partial charge in [0.2, 0.25) is 5.91 Å². The Morgan fingerprint density at radius 2 is 1.93 bits per heavy atom. The van der Waals surface area contributed by atoms with Crippen molar-refractivity contribution in [1.82, 2.24) is 24.9 Å². The first-order chi connectivity index (χ1) is 14.5. The van der Waals surface area contributed by atoms with Gasteiger partial charge < -0.3 is 15.0 Å². The molecular formula is C21H28FN5O3. The zero-order valence-corrected chi connectivity index (χ0v) is 17.4. The van der Waals surface area contributed by atoms with Gasteiger partial charge in [-0.2, -0.15) is 5.10 Å². The van der Waals surface area contributed by atoms with Gasteiger partial charge in [0.15, 0.2) is 0 Å². The normalized spacial score (nSPS) is 14.7. The Morgan fingerprint density at radius 3 is 2.63 bits per heavy atom. The predicted molar refractivity (Wildman–Crippen MR) is 110 cm³/mol. The molecule has 0 bridgehead atoms. The van der Waals surface area contributed by atoms with E-state index in [1.165, 1.54) is 16.9 Å². The molecule has 1 aromatic carbocycles. The summed E-state index contributed by atoms with van der Waals surface area (Å²) in [6.45, 7) is 5.59. The van der Waals surface area contributed by atoms with Crippen LogP contribution in [0.3, 0.4) is 0 Å². The number of methoxy groups -OCH3 is 1. The molecule has 0 radical (unpaired) electrons. The Morgan fingerprint density at radius 1 is 1.20 bits per heavy atom. The molecule has 30 heavy (non-hydrogen) atoms. The molecule has 0 atom stereocenters. The highest BCUT2D eigenvalue weighted by Gasteiger charge is 2.26. The number of carbonyl (C=O) groups excluding carboxylic acids is 2. The van der Waals surface area contributed by atoms with E-state index < -0.39 is 5.82 Å². The summed E-state index contributed by atoms with van der Waals surface area (Å²) in [6, 6.07) is 6.34. The molecule has 9 heteroatoms. The quantitative estimate of drug-likeness (QED) is 0.654. The first kappa shape index (κ1) is 21.9. The van der Waals surface area contributed by atoms with Gasteiger partial charge in [0.25, 0.3) is 5.91 Å². The van der Waals surface area contributed by atoms with Gasteiger partial charge in [-0.1, -0.05) is 12.1 Å². The maximum absolute atomic E-state index is 14.1. The molecule has 1 fully saturated rings. The maximum atomic E-state index is 14.1. The molecule has 2 heterocycles. The van der Waals surface area contributed by atoms with Gasteiger partial charge in [0, 0.05) is 46.4 Å². The summed E-state index contributed by atoms with van der Waals surface area (Å²) in [5.74, 6) is -0.538. The lowest BCUT2D eigenvalue weighted by Crippen LogP contribution is -2.51. The molecule has 1 aliphatic heterocycles. The predicted octanol–water partition coefficient (Wildman–Crippen LogP) is 1.23. The van der Waals surface area contributed by atoms with Gasteiger partial charge >= 0.3 is 0 Å². The van der Waals surface area contributed by atoms with Crippen molar-refractivity contribution in [1.29, 1.82) is 0 Å². The van der Waals surface area contributed by atoms with E-state index >= 15 is 0 Å². The third-order valence-electron chi connectivity index (χ3n) is 5.19. The second-order valence-corrected chi connectivity index (χ2v) is 7.27. The number of nitrogens with zero attached hydrogens (tertiary/aromatic N) is 4. The van der Waals surface area contributed by atoms with Crippen LogP contribution in [0.25, 0.3) is 5.69 Å². The van der Waals surface area contributed by atoms with Crippen molar-refractivity contribution in [2.75, 3.05) is 53.0 Å². The summed E-state index contributed by atoms with van der Waals surface area (Å²) in [4.78, 5) is 28.7. The summed E-state index contributed by atoms with van der Waals surface area (Å²) in [7, 11) is 1.63. The van der Waals surface area contributed by atoms with Crippen LogP contribution in [0.15, 0.2) is 30.5 Å². The van der Waals surface area contributed by atoms with Gasteiger partial charge in [0.1, 0.15) is 11.5 Å². The minimum atomic E-state index is -0.392. The van der Waals surface area contributed by atoms with Crippen LogP contribution in [-0.4, -0.2) is 84.4 Å². The molecule has 2 amide bonds. The number of hydrogen-bond donors (Lipinski definition) is 1. The largest absolute Gasteiger partial charge is 0.385 e. The molecule has 8 nitrogen and oxygen atoms in total. The van der Waals surface area contributed by atoms with E-state index in [0.29, 0.717) is 62.8 Å². The van der Waals surface area contributed by atoms with E-state index in [1.807, 2.05) is 4.90 Å². The molecule has 0 aliphatic carbocycles. The van der Waals surface area contributed by atoms with E-state index in [0.717, 1.165) is 6.42 Å². The summed E-state index contributed by atoms with van der Waals surface area (Å²) in [5.41, 5.74) is 1.38. The molecule has 1 saturated heterocycles. The molecule has 0 spiro atoms. The number of rotatable bonds is 8. The fourth-order valence-corrected chi connectivity index (χ4v) is 3.47. The van der Waals surface area contributed by atoms with Crippen LogP contribution in [-0.2, 0) is 9.53 Å². The number of ether oxygens (including phenoxy) is 1. The fourth-order valence-electron chi connectivity index (χ4n) is 3.47. The second-order valence-electron chi connectivity index (χ2n) is 7.27. The van der Waals surface area contributed by atoms with Crippen LogP contribution < -0.4 is 5.32 Å². The lowest BCUT2D eigenvalue weighted by atomic mass is 10.2. The minimum Gasteiger partial charge on any atom is -0.385 e. The molecule has 3 rings (SSSR count). The summed E-state index contributed by atoms with van der Waals surface area (Å²) >= 11 is 0. The average molecular weight is 417 g/mol. The van der Waals surface area contributed by atoms with E-state index in [4.69, 9.17) is 4.74 Å². The van der Waals surface area contributed by atoms with Gasteiger partial charge in [-0.25, -0.2) is 9.07 Å². The number of hydrogen-bond acceptors (Lipinski definition) is 5. The molecule has 0 unspecified atom stereocenters. The molecule has 2 aromatic rings. The number of halogens is 1. The Hall–Kier alpha value is -2.78.